The van der Waals surface area contributed by atoms with Crippen LogP contribution in [-0.4, -0.2) is 18.5 Å². The molecule has 0 bridgehead atoms. The summed E-state index contributed by atoms with van der Waals surface area (Å²) in [7, 11) is 2.20. The predicted molar refractivity (Wildman–Crippen MR) is 60.6 cm³/mol. The van der Waals surface area contributed by atoms with E-state index in [0.29, 0.717) is 6.04 Å². The summed E-state index contributed by atoms with van der Waals surface area (Å²) in [6.07, 6.45) is 1.30. The van der Waals surface area contributed by atoms with E-state index in [-0.39, 0.29) is 0 Å². The van der Waals surface area contributed by atoms with Crippen LogP contribution >= 0.6 is 11.6 Å². The Morgan fingerprint density at radius 1 is 1.29 bits per heavy atom. The van der Waals surface area contributed by atoms with E-state index in [1.807, 2.05) is 12.1 Å². The van der Waals surface area contributed by atoms with Gasteiger partial charge in [-0.25, -0.2) is 0 Å². The molecule has 0 aliphatic carbocycles. The molecule has 0 aromatic heterocycles. The third-order valence-corrected chi connectivity index (χ3v) is 3.41. The molecule has 1 nitrogen and oxygen atoms in total. The van der Waals surface area contributed by atoms with Crippen LogP contribution in [0.5, 0.6) is 0 Å². The summed E-state index contributed by atoms with van der Waals surface area (Å²) in [5.41, 5.74) is 1.39. The van der Waals surface area contributed by atoms with Crippen molar-refractivity contribution in [1.82, 2.24) is 4.90 Å². The average molecular weight is 210 g/mol. The van der Waals surface area contributed by atoms with Gasteiger partial charge in [0.2, 0.25) is 0 Å². The van der Waals surface area contributed by atoms with E-state index in [2.05, 4.69) is 31.0 Å². The molecule has 2 rings (SSSR count). The monoisotopic (exact) mass is 209 g/mol. The van der Waals surface area contributed by atoms with Crippen molar-refractivity contribution in [1.29, 1.82) is 0 Å². The average Bonchev–Trinajstić information content (AvgIpc) is 2.49. The van der Waals surface area contributed by atoms with Gasteiger partial charge < -0.3 is 0 Å². The van der Waals surface area contributed by atoms with Gasteiger partial charge in [0.15, 0.2) is 0 Å². The van der Waals surface area contributed by atoms with Crippen LogP contribution in [0, 0.1) is 5.92 Å². The summed E-state index contributed by atoms with van der Waals surface area (Å²) < 4.78 is 0. The maximum atomic E-state index is 5.88. The normalized spacial score (nSPS) is 28.2. The molecule has 1 aliphatic rings. The molecule has 1 heterocycles. The van der Waals surface area contributed by atoms with Crippen LogP contribution < -0.4 is 0 Å². The summed E-state index contributed by atoms with van der Waals surface area (Å²) in [6.45, 7) is 3.53. The standard InChI is InChI=1S/C12H16ClN/c1-9-7-8-14(2)12(9)10-3-5-11(13)6-4-10/h3-6,9,12H,7-8H2,1-2H3. The maximum Gasteiger partial charge on any atom is 0.0406 e. The number of nitrogens with zero attached hydrogens (tertiary/aromatic N) is 1. The Labute approximate surface area is 90.7 Å². The minimum absolute atomic E-state index is 0.576. The molecule has 2 unspecified atom stereocenters. The van der Waals surface area contributed by atoms with Crippen LogP contribution in [0.25, 0.3) is 0 Å². The van der Waals surface area contributed by atoms with E-state index in [4.69, 9.17) is 11.6 Å². The lowest BCUT2D eigenvalue weighted by Crippen LogP contribution is -2.19. The lowest BCUT2D eigenvalue weighted by atomic mass is 9.96. The molecule has 1 saturated heterocycles. The van der Waals surface area contributed by atoms with Gasteiger partial charge in [-0.1, -0.05) is 30.7 Å². The van der Waals surface area contributed by atoms with Gasteiger partial charge >= 0.3 is 0 Å². The third-order valence-electron chi connectivity index (χ3n) is 3.16. The van der Waals surface area contributed by atoms with E-state index in [0.717, 1.165) is 10.9 Å². The van der Waals surface area contributed by atoms with Gasteiger partial charge in [-0.3, -0.25) is 4.90 Å². The van der Waals surface area contributed by atoms with E-state index >= 15 is 0 Å². The molecule has 0 spiro atoms. The molecule has 2 heteroatoms. The van der Waals surface area contributed by atoms with Crippen LogP contribution in [0.3, 0.4) is 0 Å². The van der Waals surface area contributed by atoms with Crippen LogP contribution in [0.2, 0.25) is 5.02 Å². The van der Waals surface area contributed by atoms with Crippen molar-refractivity contribution in [3.05, 3.63) is 34.9 Å². The highest BCUT2D eigenvalue weighted by Gasteiger charge is 2.29. The quantitative estimate of drug-likeness (QED) is 0.686. The van der Waals surface area contributed by atoms with Gasteiger partial charge in [-0.15, -0.1) is 0 Å². The number of likely N-dealkylation sites (tertiary alicyclic amines) is 1. The van der Waals surface area contributed by atoms with Gasteiger partial charge in [-0.05, 0) is 43.6 Å². The van der Waals surface area contributed by atoms with Gasteiger partial charge in [0, 0.05) is 11.1 Å². The van der Waals surface area contributed by atoms with E-state index in [1.54, 1.807) is 0 Å². The molecule has 0 saturated carbocycles. The maximum absolute atomic E-state index is 5.88. The predicted octanol–water partition coefficient (Wildman–Crippen LogP) is 3.35. The number of halogens is 1. The first-order chi connectivity index (χ1) is 6.68. The molecule has 1 aliphatic heterocycles. The molecule has 0 N–H and O–H groups in total. The zero-order valence-electron chi connectivity index (χ0n) is 8.70. The minimum atomic E-state index is 0.576. The molecule has 1 aromatic carbocycles. The summed E-state index contributed by atoms with van der Waals surface area (Å²) in [5, 5.41) is 0.821. The van der Waals surface area contributed by atoms with Crippen molar-refractivity contribution in [2.75, 3.05) is 13.6 Å². The highest BCUT2D eigenvalue weighted by molar-refractivity contribution is 6.30. The SMILES string of the molecule is CC1CCN(C)C1c1ccc(Cl)cc1. The van der Waals surface area contributed by atoms with Crippen LogP contribution in [-0.2, 0) is 0 Å². The Morgan fingerprint density at radius 3 is 2.43 bits per heavy atom. The Balaban J connectivity index is 2.25. The second-order valence-electron chi connectivity index (χ2n) is 4.24. The zero-order valence-corrected chi connectivity index (χ0v) is 9.46. The molecule has 14 heavy (non-hydrogen) atoms. The van der Waals surface area contributed by atoms with Crippen molar-refractivity contribution in [3.63, 3.8) is 0 Å². The van der Waals surface area contributed by atoms with Crippen molar-refractivity contribution in [2.45, 2.75) is 19.4 Å². The van der Waals surface area contributed by atoms with E-state index < -0.39 is 0 Å². The Bertz CT molecular complexity index is 297. The number of rotatable bonds is 1. The Morgan fingerprint density at radius 2 is 1.93 bits per heavy atom. The molecule has 1 aromatic rings. The number of hydrogen-bond acceptors (Lipinski definition) is 1. The fraction of sp³-hybridized carbons (Fsp3) is 0.500. The minimum Gasteiger partial charge on any atom is -0.299 e. The highest BCUT2D eigenvalue weighted by atomic mass is 35.5. The molecule has 0 amide bonds. The summed E-state index contributed by atoms with van der Waals surface area (Å²) >= 11 is 5.88. The number of benzene rings is 1. The van der Waals surface area contributed by atoms with Crippen LogP contribution in [0.1, 0.15) is 24.9 Å². The zero-order chi connectivity index (χ0) is 10.1. The second kappa shape index (κ2) is 3.92. The fourth-order valence-corrected chi connectivity index (χ4v) is 2.51. The van der Waals surface area contributed by atoms with Crippen molar-refractivity contribution >= 4 is 11.6 Å². The van der Waals surface area contributed by atoms with Gasteiger partial charge in [0.25, 0.3) is 0 Å². The highest BCUT2D eigenvalue weighted by Crippen LogP contribution is 2.35. The Kier molecular flexibility index (Phi) is 2.80. The summed E-state index contributed by atoms with van der Waals surface area (Å²) in [4.78, 5) is 2.42. The van der Waals surface area contributed by atoms with Crippen LogP contribution in [0.4, 0.5) is 0 Å². The fourth-order valence-electron chi connectivity index (χ4n) is 2.38. The van der Waals surface area contributed by atoms with Crippen molar-refractivity contribution < 1.29 is 0 Å². The molecular formula is C12H16ClN. The van der Waals surface area contributed by atoms with Crippen LogP contribution in [0.15, 0.2) is 24.3 Å². The summed E-state index contributed by atoms with van der Waals surface area (Å²) in [5.74, 6) is 0.751. The van der Waals surface area contributed by atoms with E-state index in [9.17, 15) is 0 Å². The van der Waals surface area contributed by atoms with Gasteiger partial charge in [0.1, 0.15) is 0 Å². The van der Waals surface area contributed by atoms with E-state index in [1.165, 1.54) is 18.5 Å². The van der Waals surface area contributed by atoms with Gasteiger partial charge in [-0.2, -0.15) is 0 Å². The molecule has 1 fully saturated rings. The molecule has 2 atom stereocenters. The number of hydrogen-bond donors (Lipinski definition) is 0. The molecular weight excluding hydrogens is 194 g/mol. The smallest absolute Gasteiger partial charge is 0.0406 e. The first-order valence-corrected chi connectivity index (χ1v) is 5.52. The third kappa shape index (κ3) is 1.79. The first kappa shape index (κ1) is 10.0. The largest absolute Gasteiger partial charge is 0.299 e. The topological polar surface area (TPSA) is 3.24 Å². The summed E-state index contributed by atoms with van der Waals surface area (Å²) in [6, 6.07) is 8.83. The van der Waals surface area contributed by atoms with Gasteiger partial charge in [0.05, 0.1) is 0 Å². The second-order valence-corrected chi connectivity index (χ2v) is 4.68. The lowest BCUT2D eigenvalue weighted by molar-refractivity contribution is 0.285. The van der Waals surface area contributed by atoms with Crippen molar-refractivity contribution in [2.24, 2.45) is 5.92 Å². The van der Waals surface area contributed by atoms with Crippen molar-refractivity contribution in [3.8, 4) is 0 Å². The molecule has 0 radical (unpaired) electrons. The first-order valence-electron chi connectivity index (χ1n) is 5.14. The molecule has 76 valence electrons. The Hall–Kier alpha value is -0.530. The lowest BCUT2D eigenvalue weighted by Gasteiger charge is -2.23.